The summed E-state index contributed by atoms with van der Waals surface area (Å²) in [5.41, 5.74) is 0. The fourth-order valence-corrected chi connectivity index (χ4v) is 4.67. The molecule has 0 N–H and O–H groups in total. The summed E-state index contributed by atoms with van der Waals surface area (Å²) in [5.74, 6) is 0.0633. The highest BCUT2D eigenvalue weighted by molar-refractivity contribution is 7.89. The predicted octanol–water partition coefficient (Wildman–Crippen LogP) is 0.438. The van der Waals surface area contributed by atoms with E-state index in [1.54, 1.807) is 4.90 Å². The van der Waals surface area contributed by atoms with Gasteiger partial charge in [0.2, 0.25) is 15.9 Å². The smallest absolute Gasteiger partial charge is 0.241 e. The summed E-state index contributed by atoms with van der Waals surface area (Å²) in [4.78, 5) is 14.3. The van der Waals surface area contributed by atoms with Crippen LogP contribution in [0.25, 0.3) is 0 Å². The van der Waals surface area contributed by atoms with Gasteiger partial charge in [-0.3, -0.25) is 4.79 Å². The number of amides is 1. The maximum atomic E-state index is 12.6. The molecular formula is C13H24N2O4S. The first kappa shape index (κ1) is 15.7. The van der Waals surface area contributed by atoms with Gasteiger partial charge in [0.25, 0.3) is 0 Å². The first-order valence-electron chi connectivity index (χ1n) is 7.35. The van der Waals surface area contributed by atoms with Gasteiger partial charge in [0.1, 0.15) is 6.04 Å². The zero-order valence-corrected chi connectivity index (χ0v) is 13.1. The minimum atomic E-state index is -3.30. The minimum absolute atomic E-state index is 0.0230. The van der Waals surface area contributed by atoms with Crippen molar-refractivity contribution in [1.29, 1.82) is 0 Å². The Hall–Kier alpha value is -0.660. The van der Waals surface area contributed by atoms with Crippen LogP contribution in [0.1, 0.15) is 33.1 Å². The van der Waals surface area contributed by atoms with Gasteiger partial charge in [0, 0.05) is 19.6 Å². The number of rotatable bonds is 4. The molecule has 2 unspecified atom stereocenters. The number of carbonyl (C=O) groups is 1. The molecule has 0 spiro atoms. The Morgan fingerprint density at radius 2 is 2.10 bits per heavy atom. The Morgan fingerprint density at radius 3 is 2.75 bits per heavy atom. The van der Waals surface area contributed by atoms with E-state index in [0.717, 1.165) is 6.42 Å². The molecule has 0 aromatic heterocycles. The van der Waals surface area contributed by atoms with Crippen LogP contribution in [0.5, 0.6) is 0 Å². The van der Waals surface area contributed by atoms with E-state index in [9.17, 15) is 13.2 Å². The molecule has 20 heavy (non-hydrogen) atoms. The van der Waals surface area contributed by atoms with Gasteiger partial charge >= 0.3 is 0 Å². The summed E-state index contributed by atoms with van der Waals surface area (Å²) in [6.45, 7) is 5.88. The standard InChI is InChI=1S/C13H24N2O4S/c1-3-9-20(17,18)15-6-4-5-12(15)13(16)14-7-8-19-11(2)10-14/h11-12H,3-10H2,1-2H3. The lowest BCUT2D eigenvalue weighted by Crippen LogP contribution is -2.52. The van der Waals surface area contributed by atoms with E-state index >= 15 is 0 Å². The highest BCUT2D eigenvalue weighted by Crippen LogP contribution is 2.24. The summed E-state index contributed by atoms with van der Waals surface area (Å²) >= 11 is 0. The normalized spacial score (nSPS) is 28.8. The molecule has 0 aliphatic carbocycles. The third kappa shape index (κ3) is 3.32. The van der Waals surface area contributed by atoms with E-state index in [2.05, 4.69) is 0 Å². The van der Waals surface area contributed by atoms with Crippen molar-refractivity contribution in [2.75, 3.05) is 32.0 Å². The summed E-state index contributed by atoms with van der Waals surface area (Å²) in [5, 5.41) is 0. The van der Waals surface area contributed by atoms with Crippen LogP contribution in [0, 0.1) is 0 Å². The third-order valence-corrected chi connectivity index (χ3v) is 5.94. The molecule has 2 saturated heterocycles. The molecule has 116 valence electrons. The molecule has 0 radical (unpaired) electrons. The molecular weight excluding hydrogens is 280 g/mol. The number of morpholine rings is 1. The van der Waals surface area contributed by atoms with Crippen molar-refractivity contribution in [3.05, 3.63) is 0 Å². The Labute approximate surface area is 121 Å². The third-order valence-electron chi connectivity index (χ3n) is 3.86. The lowest BCUT2D eigenvalue weighted by molar-refractivity contribution is -0.141. The average molecular weight is 304 g/mol. The lowest BCUT2D eigenvalue weighted by atomic mass is 10.2. The largest absolute Gasteiger partial charge is 0.375 e. The minimum Gasteiger partial charge on any atom is -0.375 e. The summed E-state index contributed by atoms with van der Waals surface area (Å²) < 4.78 is 31.3. The summed E-state index contributed by atoms with van der Waals surface area (Å²) in [6, 6.07) is -0.503. The zero-order valence-electron chi connectivity index (χ0n) is 12.2. The van der Waals surface area contributed by atoms with Gasteiger partial charge in [-0.1, -0.05) is 6.92 Å². The van der Waals surface area contributed by atoms with Crippen molar-refractivity contribution < 1.29 is 17.9 Å². The van der Waals surface area contributed by atoms with Gasteiger partial charge in [0.05, 0.1) is 18.5 Å². The highest BCUT2D eigenvalue weighted by atomic mass is 32.2. The van der Waals surface area contributed by atoms with Crippen molar-refractivity contribution in [1.82, 2.24) is 9.21 Å². The van der Waals surface area contributed by atoms with Crippen LogP contribution in [0.3, 0.4) is 0 Å². The van der Waals surface area contributed by atoms with E-state index in [0.29, 0.717) is 39.1 Å². The summed E-state index contributed by atoms with van der Waals surface area (Å²) in [6.07, 6.45) is 2.00. The fraction of sp³-hybridized carbons (Fsp3) is 0.923. The Kier molecular flexibility index (Phi) is 5.04. The molecule has 2 aliphatic heterocycles. The molecule has 1 amide bonds. The van der Waals surface area contributed by atoms with Gasteiger partial charge in [-0.25, -0.2) is 8.42 Å². The quantitative estimate of drug-likeness (QED) is 0.756. The second-order valence-corrected chi connectivity index (χ2v) is 7.59. The second kappa shape index (κ2) is 6.41. The van der Waals surface area contributed by atoms with Crippen molar-refractivity contribution in [3.8, 4) is 0 Å². The molecule has 6 nitrogen and oxygen atoms in total. The van der Waals surface area contributed by atoms with Crippen LogP contribution >= 0.6 is 0 Å². The Morgan fingerprint density at radius 1 is 1.35 bits per heavy atom. The van der Waals surface area contributed by atoms with E-state index in [-0.39, 0.29) is 17.8 Å². The number of nitrogens with zero attached hydrogens (tertiary/aromatic N) is 2. The Bertz CT molecular complexity index is 451. The molecule has 0 saturated carbocycles. The molecule has 2 fully saturated rings. The van der Waals surface area contributed by atoms with Gasteiger partial charge in [-0.05, 0) is 26.2 Å². The van der Waals surface area contributed by atoms with Gasteiger partial charge < -0.3 is 9.64 Å². The van der Waals surface area contributed by atoms with Crippen LogP contribution in [0.4, 0.5) is 0 Å². The molecule has 7 heteroatoms. The molecule has 0 aromatic carbocycles. The topological polar surface area (TPSA) is 66.9 Å². The maximum absolute atomic E-state index is 12.6. The van der Waals surface area contributed by atoms with E-state index in [1.165, 1.54) is 4.31 Å². The highest BCUT2D eigenvalue weighted by Gasteiger charge is 2.40. The predicted molar refractivity (Wildman–Crippen MR) is 75.8 cm³/mol. The van der Waals surface area contributed by atoms with Crippen molar-refractivity contribution >= 4 is 15.9 Å². The number of hydrogen-bond donors (Lipinski definition) is 0. The number of ether oxygens (including phenoxy) is 1. The molecule has 2 heterocycles. The summed E-state index contributed by atoms with van der Waals surface area (Å²) in [7, 11) is -3.30. The average Bonchev–Trinajstić information content (AvgIpc) is 2.87. The van der Waals surface area contributed by atoms with Crippen molar-refractivity contribution in [2.45, 2.75) is 45.3 Å². The van der Waals surface area contributed by atoms with Gasteiger partial charge in [-0.2, -0.15) is 4.31 Å². The SMILES string of the molecule is CCCS(=O)(=O)N1CCCC1C(=O)N1CCOC(C)C1. The molecule has 2 atom stereocenters. The molecule has 2 aliphatic rings. The number of carbonyl (C=O) groups excluding carboxylic acids is 1. The molecule has 0 bridgehead atoms. The maximum Gasteiger partial charge on any atom is 0.241 e. The van der Waals surface area contributed by atoms with Gasteiger partial charge in [-0.15, -0.1) is 0 Å². The van der Waals surface area contributed by atoms with Crippen LogP contribution < -0.4 is 0 Å². The fourth-order valence-electron chi connectivity index (χ4n) is 2.92. The first-order chi connectivity index (χ1) is 9.45. The van der Waals surface area contributed by atoms with Crippen molar-refractivity contribution in [2.24, 2.45) is 0 Å². The van der Waals surface area contributed by atoms with E-state index < -0.39 is 16.1 Å². The molecule has 2 rings (SSSR count). The Balaban J connectivity index is 2.08. The molecule has 0 aromatic rings. The van der Waals surface area contributed by atoms with Crippen LogP contribution in [0.2, 0.25) is 0 Å². The first-order valence-corrected chi connectivity index (χ1v) is 8.96. The van der Waals surface area contributed by atoms with Crippen LogP contribution in [-0.4, -0.2) is 67.7 Å². The monoisotopic (exact) mass is 304 g/mol. The number of sulfonamides is 1. The van der Waals surface area contributed by atoms with Crippen molar-refractivity contribution in [3.63, 3.8) is 0 Å². The second-order valence-electron chi connectivity index (χ2n) is 5.55. The van der Waals surface area contributed by atoms with E-state index in [1.807, 2.05) is 13.8 Å². The van der Waals surface area contributed by atoms with Gasteiger partial charge in [0.15, 0.2) is 0 Å². The lowest BCUT2D eigenvalue weighted by Gasteiger charge is -2.34. The zero-order chi connectivity index (χ0) is 14.8. The van der Waals surface area contributed by atoms with Crippen LogP contribution in [0.15, 0.2) is 0 Å². The van der Waals surface area contributed by atoms with E-state index in [4.69, 9.17) is 4.74 Å². The number of hydrogen-bond acceptors (Lipinski definition) is 4. The van der Waals surface area contributed by atoms with Crippen LogP contribution in [-0.2, 0) is 19.6 Å².